The summed E-state index contributed by atoms with van der Waals surface area (Å²) in [5, 5.41) is 9.23. The van der Waals surface area contributed by atoms with Gasteiger partial charge in [0, 0.05) is 35.0 Å². The summed E-state index contributed by atoms with van der Waals surface area (Å²) in [6, 6.07) is 0. The van der Waals surface area contributed by atoms with Gasteiger partial charge in [0.15, 0.2) is 11.2 Å². The predicted molar refractivity (Wildman–Crippen MR) is 189 cm³/mol. The minimum absolute atomic E-state index is 0. The molecule has 242 valence electrons. The molecule has 41 heavy (non-hydrogen) atoms. The van der Waals surface area contributed by atoms with Gasteiger partial charge in [0.2, 0.25) is 0 Å². The third kappa shape index (κ3) is 36.3. The number of aliphatic hydroxyl groups is 1. The third-order valence-electron chi connectivity index (χ3n) is 4.99. The minimum atomic E-state index is -0.919. The molecule has 0 aliphatic carbocycles. The number of hydrogen-bond donors (Lipinski definition) is 2. The lowest BCUT2D eigenvalue weighted by atomic mass is 10.0. The van der Waals surface area contributed by atoms with Gasteiger partial charge >= 0.3 is 11.9 Å². The van der Waals surface area contributed by atoms with Gasteiger partial charge in [0.1, 0.15) is 6.61 Å². The second-order valence-corrected chi connectivity index (χ2v) is 9.31. The number of carbonyl (C=O) groups is 3. The fourth-order valence-electron chi connectivity index (χ4n) is 3.08. The van der Waals surface area contributed by atoms with E-state index >= 15 is 0 Å². The molecule has 0 saturated heterocycles. The lowest BCUT2D eigenvalue weighted by Gasteiger charge is -2.14. The molecule has 0 rings (SSSR count). The highest BCUT2D eigenvalue weighted by atomic mass is 32.1. The topological polar surface area (TPSA) is 89.9 Å². The molecule has 0 saturated carbocycles. The molecule has 0 aromatic carbocycles. The molecule has 0 aromatic rings. The number of hydrogen-bond acceptors (Lipinski definition) is 6. The second kappa shape index (κ2) is 32.5. The van der Waals surface area contributed by atoms with E-state index in [0.717, 1.165) is 19.3 Å². The number of carbonyl (C=O) groups excluding carboxylic acids is 3. The van der Waals surface area contributed by atoms with Crippen LogP contribution >= 0.6 is 12.6 Å². The molecule has 0 aliphatic rings. The molecule has 0 spiro atoms. The van der Waals surface area contributed by atoms with Crippen molar-refractivity contribution in [3.05, 3.63) is 0 Å². The molecular formula is C34H64O6S. The highest BCUT2D eigenvalue weighted by Gasteiger charge is 2.15. The van der Waals surface area contributed by atoms with Crippen LogP contribution in [0.25, 0.3) is 0 Å². The van der Waals surface area contributed by atoms with Crippen molar-refractivity contribution in [1.82, 2.24) is 0 Å². The monoisotopic (exact) mass is 600 g/mol. The average Bonchev–Trinajstić information content (AvgIpc) is 2.94. The van der Waals surface area contributed by atoms with Crippen LogP contribution in [0.1, 0.15) is 120 Å². The summed E-state index contributed by atoms with van der Waals surface area (Å²) in [6.45, 7) is 4.58. The van der Waals surface area contributed by atoms with Crippen molar-refractivity contribution in [2.45, 2.75) is 110 Å². The first-order chi connectivity index (χ1) is 19.9. The summed E-state index contributed by atoms with van der Waals surface area (Å²) in [6.07, 6.45) is 13.9. The summed E-state index contributed by atoms with van der Waals surface area (Å²) in [5.74, 6) is 28.0. The number of unbranched alkanes of at least 4 members (excludes halogenated alkanes) is 11. The van der Waals surface area contributed by atoms with Crippen LogP contribution in [0, 0.1) is 71.0 Å². The molecule has 0 aromatic heterocycles. The number of thiol groups is 1. The molecular weight excluding hydrogens is 536 g/mol. The van der Waals surface area contributed by atoms with E-state index in [-0.39, 0.29) is 33.8 Å². The Bertz CT molecular complexity index is 1170. The second-order valence-electron chi connectivity index (χ2n) is 8.68. The van der Waals surface area contributed by atoms with E-state index in [2.05, 4.69) is 90.6 Å². The number of ether oxygens (including phenoxy) is 2. The molecule has 6 nitrogen and oxygen atoms in total. The molecule has 0 radical (unpaired) electrons. The standard InChI is InChI=1S/C32H38O5.C2H4OS.11H2/c1-3-5-7-9-11-13-15-17-19-21-23-25-27-32(35)37-30(28-33)29-36-31(34)26-24-22-20-18-16-14-12-10-8-6-4-2;1-2(3)4;;;;;;;;;;;/h30,33H,3,5,7,9,11,13,15,17,19,21,23,25,27-29H2,1-2H3;1H3,(H,3,4);11*1H/t30-;;;;;;;;;;;;/m0............/s1. The molecule has 0 unspecified atom stereocenters. The van der Waals surface area contributed by atoms with Crippen LogP contribution in [-0.2, 0) is 23.9 Å². The molecule has 7 heteroatoms. The number of esters is 2. The normalized spacial score (nSPS) is 9.10. The first-order valence-corrected chi connectivity index (χ1v) is 14.4. The molecule has 1 N–H and O–H groups in total. The molecule has 0 aliphatic heterocycles. The van der Waals surface area contributed by atoms with E-state index in [4.69, 9.17) is 9.47 Å². The summed E-state index contributed by atoms with van der Waals surface area (Å²) in [7, 11) is 0. The van der Waals surface area contributed by atoms with Gasteiger partial charge in [-0.05, 0) is 72.5 Å². The fourth-order valence-corrected chi connectivity index (χ4v) is 3.08. The lowest BCUT2D eigenvalue weighted by Crippen LogP contribution is -2.28. The van der Waals surface area contributed by atoms with Gasteiger partial charge in [-0.25, -0.2) is 4.79 Å². The van der Waals surface area contributed by atoms with Crippen molar-refractivity contribution in [3.8, 4) is 71.0 Å². The van der Waals surface area contributed by atoms with Gasteiger partial charge in [-0.3, -0.25) is 9.59 Å². The first-order valence-electron chi connectivity index (χ1n) is 14.0. The Morgan fingerprint density at radius 3 is 1.59 bits per heavy atom. The lowest BCUT2D eigenvalue weighted by molar-refractivity contribution is -0.159. The zero-order valence-electron chi connectivity index (χ0n) is 24.6. The maximum atomic E-state index is 12.0. The van der Waals surface area contributed by atoms with E-state index in [1.807, 2.05) is 0 Å². The number of rotatable bonds is 17. The van der Waals surface area contributed by atoms with Crippen molar-refractivity contribution in [1.29, 1.82) is 0 Å². The van der Waals surface area contributed by atoms with Crippen LogP contribution in [0.2, 0.25) is 0 Å². The Morgan fingerprint density at radius 1 is 0.732 bits per heavy atom. The first kappa shape index (κ1) is 39.4. The zero-order chi connectivity index (χ0) is 30.8. The van der Waals surface area contributed by atoms with Crippen molar-refractivity contribution in [2.75, 3.05) is 13.2 Å². The molecule has 0 heterocycles. The zero-order valence-corrected chi connectivity index (χ0v) is 25.5. The molecule has 0 amide bonds. The largest absolute Gasteiger partial charge is 0.456 e. The van der Waals surface area contributed by atoms with Crippen LogP contribution in [0.5, 0.6) is 0 Å². The van der Waals surface area contributed by atoms with Crippen LogP contribution in [-0.4, -0.2) is 41.5 Å². The van der Waals surface area contributed by atoms with Crippen LogP contribution < -0.4 is 0 Å². The van der Waals surface area contributed by atoms with Crippen LogP contribution in [0.15, 0.2) is 0 Å². The summed E-state index contributed by atoms with van der Waals surface area (Å²) < 4.78 is 10.1. The van der Waals surface area contributed by atoms with Gasteiger partial charge in [-0.15, -0.1) is 12.6 Å². The SMILES string of the molecule is CC#CC#CC#CC#CC#CC#CC(=O)OC[C@H](CO)OC(=O)CCCCCCCCCCCCCC.CC(=O)S.[HH].[HH].[HH].[HH].[HH].[HH].[HH].[HH].[HH].[HH].[HH]. The Labute approximate surface area is 269 Å². The Morgan fingerprint density at radius 2 is 1.15 bits per heavy atom. The summed E-state index contributed by atoms with van der Waals surface area (Å²) in [4.78, 5) is 32.9. The van der Waals surface area contributed by atoms with Crippen molar-refractivity contribution in [3.63, 3.8) is 0 Å². The maximum Gasteiger partial charge on any atom is 0.385 e. The van der Waals surface area contributed by atoms with Crippen LogP contribution in [0.3, 0.4) is 0 Å². The van der Waals surface area contributed by atoms with Gasteiger partial charge in [-0.1, -0.05) is 83.5 Å². The predicted octanol–water partition coefficient (Wildman–Crippen LogP) is 7.73. The molecule has 0 bridgehead atoms. The van der Waals surface area contributed by atoms with Crippen molar-refractivity contribution in [2.24, 2.45) is 0 Å². The highest BCUT2D eigenvalue weighted by Crippen LogP contribution is 2.12. The quantitative estimate of drug-likeness (QED) is 0.0584. The van der Waals surface area contributed by atoms with E-state index in [1.54, 1.807) is 6.92 Å². The molecule has 1 atom stereocenters. The van der Waals surface area contributed by atoms with Gasteiger partial charge in [-0.2, -0.15) is 0 Å². The fraction of sp³-hybridized carbons (Fsp3) is 0.559. The maximum absolute atomic E-state index is 12.0. The van der Waals surface area contributed by atoms with E-state index < -0.39 is 24.6 Å². The van der Waals surface area contributed by atoms with E-state index in [9.17, 15) is 19.5 Å². The third-order valence-corrected chi connectivity index (χ3v) is 4.99. The summed E-state index contributed by atoms with van der Waals surface area (Å²) >= 11 is 3.33. The Kier molecular flexibility index (Phi) is 31.2. The molecule has 0 fully saturated rings. The Balaban J connectivity index is -0.0000000873. The highest BCUT2D eigenvalue weighted by molar-refractivity contribution is 7.96. The Hall–Kier alpha value is -3.72. The van der Waals surface area contributed by atoms with E-state index in [1.165, 1.54) is 64.7 Å². The average molecular weight is 601 g/mol. The van der Waals surface area contributed by atoms with Crippen LogP contribution in [0.4, 0.5) is 0 Å². The number of aliphatic hydroxyl groups excluding tert-OH is 1. The van der Waals surface area contributed by atoms with Crippen molar-refractivity contribution >= 4 is 29.7 Å². The van der Waals surface area contributed by atoms with Gasteiger partial charge < -0.3 is 14.6 Å². The summed E-state index contributed by atoms with van der Waals surface area (Å²) in [5.41, 5.74) is 0. The van der Waals surface area contributed by atoms with E-state index in [0.29, 0.717) is 0 Å². The smallest absolute Gasteiger partial charge is 0.385 e. The van der Waals surface area contributed by atoms with Crippen molar-refractivity contribution < 1.29 is 44.7 Å². The minimum Gasteiger partial charge on any atom is -0.456 e. The van der Waals surface area contributed by atoms with Gasteiger partial charge in [0.25, 0.3) is 0 Å². The van der Waals surface area contributed by atoms with Gasteiger partial charge in [0.05, 0.1) is 6.61 Å².